The Kier molecular flexibility index (Phi) is 5.24. The zero-order valence-electron chi connectivity index (χ0n) is 14.1. The van der Waals surface area contributed by atoms with E-state index < -0.39 is 0 Å². The average molecular weight is 388 g/mol. The number of benzene rings is 2. The van der Waals surface area contributed by atoms with E-state index in [0.29, 0.717) is 6.61 Å². The highest BCUT2D eigenvalue weighted by molar-refractivity contribution is 9.10. The van der Waals surface area contributed by atoms with E-state index >= 15 is 0 Å². The highest BCUT2D eigenvalue weighted by Gasteiger charge is 2.32. The van der Waals surface area contributed by atoms with Gasteiger partial charge in [-0.3, -0.25) is 4.79 Å². The number of carbonyl (C=O) groups is 1. The second kappa shape index (κ2) is 7.39. The molecule has 0 saturated carbocycles. The lowest BCUT2D eigenvalue weighted by Crippen LogP contribution is -2.27. The Hall–Kier alpha value is -1.81. The third-order valence-electron chi connectivity index (χ3n) is 4.46. The van der Waals surface area contributed by atoms with Crippen LogP contribution in [0.5, 0.6) is 5.75 Å². The number of rotatable bonds is 5. The fourth-order valence-corrected chi connectivity index (χ4v) is 3.44. The molecule has 0 radical (unpaired) electrons. The molecule has 0 spiro atoms. The van der Waals surface area contributed by atoms with Gasteiger partial charge >= 0.3 is 0 Å². The summed E-state index contributed by atoms with van der Waals surface area (Å²) in [6.07, 6.45) is 1.67. The van der Waals surface area contributed by atoms with Gasteiger partial charge in [-0.2, -0.15) is 0 Å². The van der Waals surface area contributed by atoms with E-state index in [0.717, 1.165) is 46.4 Å². The SMILES string of the molecule is CCOc1cccc(CC2CCN(c3ccc(Br)c(C)c3)C2=O)c1. The van der Waals surface area contributed by atoms with E-state index in [4.69, 9.17) is 4.74 Å². The summed E-state index contributed by atoms with van der Waals surface area (Å²) < 4.78 is 6.62. The predicted molar refractivity (Wildman–Crippen MR) is 101 cm³/mol. The normalized spacial score (nSPS) is 17.4. The molecule has 2 aromatic rings. The van der Waals surface area contributed by atoms with Crippen LogP contribution in [0.1, 0.15) is 24.5 Å². The van der Waals surface area contributed by atoms with E-state index in [9.17, 15) is 4.79 Å². The van der Waals surface area contributed by atoms with Crippen LogP contribution in [0.4, 0.5) is 5.69 Å². The van der Waals surface area contributed by atoms with Crippen LogP contribution in [0.25, 0.3) is 0 Å². The Morgan fingerprint density at radius 2 is 2.08 bits per heavy atom. The van der Waals surface area contributed by atoms with Gasteiger partial charge in [-0.15, -0.1) is 0 Å². The average Bonchev–Trinajstić information content (AvgIpc) is 2.92. The lowest BCUT2D eigenvalue weighted by atomic mass is 9.98. The summed E-state index contributed by atoms with van der Waals surface area (Å²) in [5.74, 6) is 1.14. The number of hydrogen-bond donors (Lipinski definition) is 0. The molecule has 1 aliphatic heterocycles. The van der Waals surface area contributed by atoms with E-state index in [1.165, 1.54) is 0 Å². The molecule has 2 aromatic carbocycles. The van der Waals surface area contributed by atoms with Gasteiger partial charge in [-0.25, -0.2) is 0 Å². The monoisotopic (exact) mass is 387 g/mol. The molecule has 1 saturated heterocycles. The van der Waals surface area contributed by atoms with Gasteiger partial charge in [0, 0.05) is 22.6 Å². The van der Waals surface area contributed by atoms with Crippen molar-refractivity contribution in [1.29, 1.82) is 0 Å². The maximum absolute atomic E-state index is 12.8. The van der Waals surface area contributed by atoms with Gasteiger partial charge in [-0.05, 0) is 68.1 Å². The Morgan fingerprint density at radius 3 is 2.83 bits per heavy atom. The van der Waals surface area contributed by atoms with Crippen LogP contribution in [-0.4, -0.2) is 19.1 Å². The van der Waals surface area contributed by atoms with Crippen LogP contribution in [0.15, 0.2) is 46.9 Å². The van der Waals surface area contributed by atoms with E-state index in [1.807, 2.05) is 49.1 Å². The van der Waals surface area contributed by atoms with Crippen LogP contribution in [0, 0.1) is 12.8 Å². The standard InChI is InChI=1S/C20H22BrNO2/c1-3-24-18-6-4-5-15(13-18)12-16-9-10-22(20(16)23)17-7-8-19(21)14(2)11-17/h4-8,11,13,16H,3,9-10,12H2,1-2H3. The number of aryl methyl sites for hydroxylation is 1. The number of anilines is 1. The molecular weight excluding hydrogens is 366 g/mol. The van der Waals surface area contributed by atoms with Gasteiger partial charge in [0.2, 0.25) is 5.91 Å². The summed E-state index contributed by atoms with van der Waals surface area (Å²) >= 11 is 3.51. The molecule has 1 fully saturated rings. The molecule has 1 aliphatic rings. The van der Waals surface area contributed by atoms with Gasteiger partial charge < -0.3 is 9.64 Å². The van der Waals surface area contributed by atoms with Crippen LogP contribution in [0.3, 0.4) is 0 Å². The Morgan fingerprint density at radius 1 is 1.25 bits per heavy atom. The van der Waals surface area contributed by atoms with Crippen LogP contribution in [-0.2, 0) is 11.2 Å². The lowest BCUT2D eigenvalue weighted by Gasteiger charge is -2.18. The van der Waals surface area contributed by atoms with Crippen molar-refractivity contribution in [3.63, 3.8) is 0 Å². The molecule has 0 aliphatic carbocycles. The minimum atomic E-state index is 0.0471. The maximum atomic E-state index is 12.8. The molecule has 1 amide bonds. The molecule has 1 unspecified atom stereocenters. The third-order valence-corrected chi connectivity index (χ3v) is 5.35. The Labute approximate surface area is 151 Å². The number of carbonyl (C=O) groups excluding carboxylic acids is 1. The van der Waals surface area contributed by atoms with Gasteiger partial charge in [0.25, 0.3) is 0 Å². The van der Waals surface area contributed by atoms with Crippen molar-refractivity contribution in [1.82, 2.24) is 0 Å². The number of ether oxygens (including phenoxy) is 1. The molecule has 0 aromatic heterocycles. The predicted octanol–water partition coefficient (Wildman–Crippen LogP) is 4.75. The van der Waals surface area contributed by atoms with Crippen LogP contribution in [0.2, 0.25) is 0 Å². The molecule has 0 N–H and O–H groups in total. The zero-order valence-corrected chi connectivity index (χ0v) is 15.7. The molecule has 3 rings (SSSR count). The fraction of sp³-hybridized carbons (Fsp3) is 0.350. The molecular formula is C20H22BrNO2. The molecule has 3 nitrogen and oxygen atoms in total. The first-order valence-electron chi connectivity index (χ1n) is 8.37. The third kappa shape index (κ3) is 3.64. The molecule has 0 bridgehead atoms. The van der Waals surface area contributed by atoms with Gasteiger partial charge in [-0.1, -0.05) is 28.1 Å². The van der Waals surface area contributed by atoms with Crippen molar-refractivity contribution in [3.05, 3.63) is 58.1 Å². The molecule has 24 heavy (non-hydrogen) atoms. The number of halogens is 1. The largest absolute Gasteiger partial charge is 0.494 e. The Balaban J connectivity index is 1.72. The minimum absolute atomic E-state index is 0.0471. The number of nitrogens with zero attached hydrogens (tertiary/aromatic N) is 1. The second-order valence-electron chi connectivity index (χ2n) is 6.19. The molecule has 1 atom stereocenters. The van der Waals surface area contributed by atoms with Crippen molar-refractivity contribution in [2.24, 2.45) is 5.92 Å². The van der Waals surface area contributed by atoms with Gasteiger partial charge in [0.1, 0.15) is 5.75 Å². The highest BCUT2D eigenvalue weighted by atomic mass is 79.9. The lowest BCUT2D eigenvalue weighted by molar-refractivity contribution is -0.120. The molecule has 4 heteroatoms. The first-order chi connectivity index (χ1) is 11.6. The minimum Gasteiger partial charge on any atom is -0.494 e. The smallest absolute Gasteiger partial charge is 0.230 e. The topological polar surface area (TPSA) is 29.5 Å². The first-order valence-corrected chi connectivity index (χ1v) is 9.17. The summed E-state index contributed by atoms with van der Waals surface area (Å²) in [4.78, 5) is 14.7. The first kappa shape index (κ1) is 17.0. The fourth-order valence-electron chi connectivity index (χ4n) is 3.19. The van der Waals surface area contributed by atoms with Crippen LogP contribution >= 0.6 is 15.9 Å². The number of hydrogen-bond acceptors (Lipinski definition) is 2. The van der Waals surface area contributed by atoms with Crippen LogP contribution < -0.4 is 9.64 Å². The van der Waals surface area contributed by atoms with Crippen molar-refractivity contribution < 1.29 is 9.53 Å². The summed E-state index contributed by atoms with van der Waals surface area (Å²) in [7, 11) is 0. The van der Waals surface area contributed by atoms with Gasteiger partial charge in [0.05, 0.1) is 6.61 Å². The number of amides is 1. The maximum Gasteiger partial charge on any atom is 0.230 e. The zero-order chi connectivity index (χ0) is 17.1. The Bertz CT molecular complexity index is 744. The van der Waals surface area contributed by atoms with E-state index in [1.54, 1.807) is 0 Å². The summed E-state index contributed by atoms with van der Waals surface area (Å²) in [5.41, 5.74) is 3.30. The van der Waals surface area contributed by atoms with E-state index in [2.05, 4.69) is 28.1 Å². The quantitative estimate of drug-likeness (QED) is 0.740. The van der Waals surface area contributed by atoms with Crippen molar-refractivity contribution in [2.45, 2.75) is 26.7 Å². The molecule has 126 valence electrons. The molecule has 1 heterocycles. The van der Waals surface area contributed by atoms with Crippen molar-refractivity contribution in [2.75, 3.05) is 18.1 Å². The summed E-state index contributed by atoms with van der Waals surface area (Å²) in [6, 6.07) is 14.2. The van der Waals surface area contributed by atoms with Gasteiger partial charge in [0.15, 0.2) is 0 Å². The second-order valence-corrected chi connectivity index (χ2v) is 7.05. The van der Waals surface area contributed by atoms with E-state index in [-0.39, 0.29) is 11.8 Å². The van der Waals surface area contributed by atoms with Crippen molar-refractivity contribution >= 4 is 27.5 Å². The summed E-state index contributed by atoms with van der Waals surface area (Å²) in [5, 5.41) is 0. The highest BCUT2D eigenvalue weighted by Crippen LogP contribution is 2.30. The van der Waals surface area contributed by atoms with Crippen molar-refractivity contribution in [3.8, 4) is 5.75 Å². The summed E-state index contributed by atoms with van der Waals surface area (Å²) in [6.45, 7) is 5.47.